The predicted molar refractivity (Wildman–Crippen MR) is 77.8 cm³/mol. The van der Waals surface area contributed by atoms with Crippen molar-refractivity contribution >= 4 is 17.3 Å². The summed E-state index contributed by atoms with van der Waals surface area (Å²) in [7, 11) is 3.76. The van der Waals surface area contributed by atoms with Crippen LogP contribution in [0.2, 0.25) is 0 Å². The van der Waals surface area contributed by atoms with Gasteiger partial charge in [-0.15, -0.1) is 0 Å². The SMILES string of the molecule is COCCCC(=O)Nc1ccc2c(c1)CCCN2C. The maximum absolute atomic E-state index is 11.7. The lowest BCUT2D eigenvalue weighted by atomic mass is 10.0. The molecule has 0 atom stereocenters. The molecule has 1 N–H and O–H groups in total. The third-order valence-electron chi connectivity index (χ3n) is 3.47. The lowest BCUT2D eigenvalue weighted by Crippen LogP contribution is -2.24. The fourth-order valence-corrected chi connectivity index (χ4v) is 2.46. The maximum atomic E-state index is 11.7. The molecule has 4 nitrogen and oxygen atoms in total. The number of aryl methyl sites for hydroxylation is 1. The van der Waals surface area contributed by atoms with Gasteiger partial charge in [0.1, 0.15) is 0 Å². The van der Waals surface area contributed by atoms with Crippen LogP contribution in [0.15, 0.2) is 18.2 Å². The van der Waals surface area contributed by atoms with E-state index in [0.717, 1.165) is 25.1 Å². The van der Waals surface area contributed by atoms with Crippen LogP contribution in [0.3, 0.4) is 0 Å². The molecule has 104 valence electrons. The second-order valence-corrected chi connectivity index (χ2v) is 5.01. The first-order valence-electron chi connectivity index (χ1n) is 6.83. The van der Waals surface area contributed by atoms with Crippen molar-refractivity contribution in [2.24, 2.45) is 0 Å². The number of amides is 1. The molecule has 0 aromatic heterocycles. The number of methoxy groups -OCH3 is 1. The molecular weight excluding hydrogens is 240 g/mol. The van der Waals surface area contributed by atoms with Gasteiger partial charge in [-0.3, -0.25) is 4.79 Å². The number of rotatable bonds is 5. The Labute approximate surface area is 114 Å². The summed E-state index contributed by atoms with van der Waals surface area (Å²) in [5.74, 6) is 0.0566. The largest absolute Gasteiger partial charge is 0.385 e. The van der Waals surface area contributed by atoms with E-state index in [1.54, 1.807) is 7.11 Å². The smallest absolute Gasteiger partial charge is 0.224 e. The molecule has 2 rings (SSSR count). The van der Waals surface area contributed by atoms with Gasteiger partial charge >= 0.3 is 0 Å². The zero-order chi connectivity index (χ0) is 13.7. The molecule has 1 aromatic carbocycles. The van der Waals surface area contributed by atoms with E-state index in [-0.39, 0.29) is 5.91 Å². The van der Waals surface area contributed by atoms with E-state index in [1.165, 1.54) is 17.7 Å². The van der Waals surface area contributed by atoms with Crippen LogP contribution in [0.4, 0.5) is 11.4 Å². The summed E-state index contributed by atoms with van der Waals surface area (Å²) in [6.45, 7) is 1.73. The number of carbonyl (C=O) groups is 1. The normalized spacial score (nSPS) is 14.1. The lowest BCUT2D eigenvalue weighted by Gasteiger charge is -2.27. The third-order valence-corrected chi connectivity index (χ3v) is 3.47. The Bertz CT molecular complexity index is 446. The minimum Gasteiger partial charge on any atom is -0.385 e. The summed E-state index contributed by atoms with van der Waals surface area (Å²) in [6, 6.07) is 6.17. The lowest BCUT2D eigenvalue weighted by molar-refractivity contribution is -0.116. The molecule has 0 unspecified atom stereocenters. The van der Waals surface area contributed by atoms with Crippen molar-refractivity contribution in [2.45, 2.75) is 25.7 Å². The van der Waals surface area contributed by atoms with Crippen molar-refractivity contribution in [3.8, 4) is 0 Å². The number of nitrogens with one attached hydrogen (secondary N) is 1. The standard InChI is InChI=1S/C15H22N2O2/c1-17-9-3-5-12-11-13(7-8-14(12)17)16-15(18)6-4-10-19-2/h7-8,11H,3-6,9-10H2,1-2H3,(H,16,18). The van der Waals surface area contributed by atoms with Gasteiger partial charge in [-0.1, -0.05) is 0 Å². The first kappa shape index (κ1) is 13.9. The van der Waals surface area contributed by atoms with Crippen LogP contribution in [-0.2, 0) is 16.0 Å². The molecule has 1 aromatic rings. The van der Waals surface area contributed by atoms with Crippen molar-refractivity contribution in [2.75, 3.05) is 37.5 Å². The summed E-state index contributed by atoms with van der Waals surface area (Å²) in [6.07, 6.45) is 3.53. The zero-order valence-corrected chi connectivity index (χ0v) is 11.7. The molecule has 1 aliphatic rings. The van der Waals surface area contributed by atoms with Crippen molar-refractivity contribution < 1.29 is 9.53 Å². The maximum Gasteiger partial charge on any atom is 0.224 e. The highest BCUT2D eigenvalue weighted by molar-refractivity contribution is 5.91. The Morgan fingerprint density at radius 3 is 3.11 bits per heavy atom. The highest BCUT2D eigenvalue weighted by Gasteiger charge is 2.14. The molecule has 0 bridgehead atoms. The van der Waals surface area contributed by atoms with Crippen LogP contribution < -0.4 is 10.2 Å². The molecule has 0 fully saturated rings. The van der Waals surface area contributed by atoms with Crippen LogP contribution in [0.25, 0.3) is 0 Å². The Hall–Kier alpha value is -1.55. The Morgan fingerprint density at radius 2 is 2.32 bits per heavy atom. The van der Waals surface area contributed by atoms with Crippen LogP contribution in [-0.4, -0.2) is 33.2 Å². The number of nitrogens with zero attached hydrogens (tertiary/aromatic N) is 1. The second-order valence-electron chi connectivity index (χ2n) is 5.01. The van der Waals surface area contributed by atoms with Gasteiger partial charge in [-0.2, -0.15) is 0 Å². The molecule has 1 heterocycles. The molecule has 0 saturated heterocycles. The van der Waals surface area contributed by atoms with Crippen LogP contribution >= 0.6 is 0 Å². The van der Waals surface area contributed by atoms with Gasteiger partial charge in [-0.05, 0) is 43.0 Å². The van der Waals surface area contributed by atoms with Crippen molar-refractivity contribution in [3.63, 3.8) is 0 Å². The monoisotopic (exact) mass is 262 g/mol. The summed E-state index contributed by atoms with van der Waals surface area (Å²) >= 11 is 0. The minimum atomic E-state index is 0.0566. The number of hydrogen-bond acceptors (Lipinski definition) is 3. The van der Waals surface area contributed by atoms with Crippen molar-refractivity contribution in [3.05, 3.63) is 23.8 Å². The topological polar surface area (TPSA) is 41.6 Å². The molecule has 0 aliphatic carbocycles. The van der Waals surface area contributed by atoms with E-state index >= 15 is 0 Å². The molecule has 19 heavy (non-hydrogen) atoms. The molecule has 0 radical (unpaired) electrons. The van der Waals surface area contributed by atoms with Gasteiger partial charge in [0.15, 0.2) is 0 Å². The van der Waals surface area contributed by atoms with Crippen molar-refractivity contribution in [1.82, 2.24) is 0 Å². The summed E-state index contributed by atoms with van der Waals surface area (Å²) in [5, 5.41) is 2.95. The second kappa shape index (κ2) is 6.57. The van der Waals surface area contributed by atoms with Crippen LogP contribution in [0.1, 0.15) is 24.8 Å². The number of carbonyl (C=O) groups excluding carboxylic acids is 1. The predicted octanol–water partition coefficient (Wildman–Crippen LogP) is 2.43. The summed E-state index contributed by atoms with van der Waals surface area (Å²) in [5.41, 5.74) is 3.50. The Morgan fingerprint density at radius 1 is 1.47 bits per heavy atom. The van der Waals surface area contributed by atoms with Crippen LogP contribution in [0.5, 0.6) is 0 Å². The van der Waals surface area contributed by atoms with E-state index in [4.69, 9.17) is 4.74 Å². The third kappa shape index (κ3) is 3.70. The van der Waals surface area contributed by atoms with Gasteiger partial charge in [0.05, 0.1) is 0 Å². The first-order valence-corrected chi connectivity index (χ1v) is 6.83. The van der Waals surface area contributed by atoms with E-state index in [1.807, 2.05) is 6.07 Å². The van der Waals surface area contributed by atoms with Gasteiger partial charge in [0.25, 0.3) is 0 Å². The quantitative estimate of drug-likeness (QED) is 0.829. The molecule has 0 saturated carbocycles. The Kier molecular flexibility index (Phi) is 4.80. The minimum absolute atomic E-state index is 0.0566. The van der Waals surface area contributed by atoms with Gasteiger partial charge < -0.3 is 15.0 Å². The first-order chi connectivity index (χ1) is 9.20. The summed E-state index contributed by atoms with van der Waals surface area (Å²) < 4.78 is 4.94. The molecule has 1 aliphatic heterocycles. The average molecular weight is 262 g/mol. The molecule has 0 spiro atoms. The van der Waals surface area contributed by atoms with E-state index < -0.39 is 0 Å². The van der Waals surface area contributed by atoms with Crippen LogP contribution in [0, 0.1) is 0 Å². The van der Waals surface area contributed by atoms with Gasteiger partial charge in [0, 0.05) is 45.1 Å². The van der Waals surface area contributed by atoms with Gasteiger partial charge in [-0.25, -0.2) is 0 Å². The fourth-order valence-electron chi connectivity index (χ4n) is 2.46. The highest BCUT2D eigenvalue weighted by atomic mass is 16.5. The van der Waals surface area contributed by atoms with E-state index in [9.17, 15) is 4.79 Å². The number of fused-ring (bicyclic) bond motifs is 1. The number of anilines is 2. The highest BCUT2D eigenvalue weighted by Crippen LogP contribution is 2.28. The Balaban J connectivity index is 1.96. The van der Waals surface area contributed by atoms with Crippen molar-refractivity contribution in [1.29, 1.82) is 0 Å². The number of hydrogen-bond donors (Lipinski definition) is 1. The van der Waals surface area contributed by atoms with E-state index in [2.05, 4.69) is 29.4 Å². The zero-order valence-electron chi connectivity index (χ0n) is 11.7. The average Bonchev–Trinajstić information content (AvgIpc) is 2.39. The number of ether oxygens (including phenoxy) is 1. The molecule has 1 amide bonds. The molecular formula is C15H22N2O2. The summed E-state index contributed by atoms with van der Waals surface area (Å²) in [4.78, 5) is 14.0. The van der Waals surface area contributed by atoms with E-state index in [0.29, 0.717) is 13.0 Å². The van der Waals surface area contributed by atoms with Gasteiger partial charge in [0.2, 0.25) is 5.91 Å². The fraction of sp³-hybridized carbons (Fsp3) is 0.533. The molecule has 4 heteroatoms. The number of benzene rings is 1.